The smallest absolute Gasteiger partial charge is 0.339 e. The van der Waals surface area contributed by atoms with Gasteiger partial charge in [-0.15, -0.1) is 0 Å². The van der Waals surface area contributed by atoms with Crippen molar-refractivity contribution in [2.24, 2.45) is 11.8 Å². The normalized spacial score (nSPS) is 18.6. The average Bonchev–Trinajstić information content (AvgIpc) is 3.25. The van der Waals surface area contributed by atoms with Crippen LogP contribution in [0.2, 0.25) is 0 Å². The molecule has 2 fully saturated rings. The molecule has 2 atom stereocenters. The van der Waals surface area contributed by atoms with Crippen LogP contribution in [0, 0.1) is 18.8 Å². The van der Waals surface area contributed by atoms with Gasteiger partial charge in [0.05, 0.1) is 34.3 Å². The lowest BCUT2D eigenvalue weighted by molar-refractivity contribution is -0.122. The zero-order valence-corrected chi connectivity index (χ0v) is 22.1. The van der Waals surface area contributed by atoms with Gasteiger partial charge in [-0.25, -0.2) is 9.78 Å². The van der Waals surface area contributed by atoms with E-state index in [0.29, 0.717) is 33.4 Å². The van der Waals surface area contributed by atoms with E-state index >= 15 is 0 Å². The maximum absolute atomic E-state index is 13.2. The second-order valence-corrected chi connectivity index (χ2v) is 10.5. The summed E-state index contributed by atoms with van der Waals surface area (Å²) in [6.07, 6.45) is 3.48. The summed E-state index contributed by atoms with van der Waals surface area (Å²) in [7, 11) is 0. The number of benzene rings is 3. The molecule has 1 saturated carbocycles. The predicted molar refractivity (Wildman–Crippen MR) is 151 cm³/mol. The molecular formula is C33H28N2O5. The molecule has 1 aliphatic heterocycles. The van der Waals surface area contributed by atoms with Crippen LogP contribution in [0.5, 0.6) is 0 Å². The van der Waals surface area contributed by atoms with Gasteiger partial charge in [0.2, 0.25) is 11.8 Å². The number of ketones is 1. The Balaban J connectivity index is 1.29. The van der Waals surface area contributed by atoms with Crippen molar-refractivity contribution in [1.29, 1.82) is 0 Å². The summed E-state index contributed by atoms with van der Waals surface area (Å²) in [6.45, 7) is 1.56. The zero-order valence-electron chi connectivity index (χ0n) is 22.1. The maximum Gasteiger partial charge on any atom is 0.339 e. The Morgan fingerprint density at radius 2 is 1.55 bits per heavy atom. The molecule has 1 aromatic heterocycles. The van der Waals surface area contributed by atoms with Crippen molar-refractivity contribution in [2.75, 3.05) is 11.5 Å². The lowest BCUT2D eigenvalue weighted by Gasteiger charge is -2.19. The molecule has 0 bridgehead atoms. The summed E-state index contributed by atoms with van der Waals surface area (Å²) in [5.41, 5.74) is 4.16. The summed E-state index contributed by atoms with van der Waals surface area (Å²) in [5, 5.41) is 0.633. The fraction of sp³-hybridized carbons (Fsp3) is 0.242. The number of imide groups is 1. The number of carbonyl (C=O) groups is 4. The highest BCUT2D eigenvalue weighted by Gasteiger charge is 2.48. The van der Waals surface area contributed by atoms with Crippen LogP contribution < -0.4 is 4.90 Å². The van der Waals surface area contributed by atoms with Gasteiger partial charge >= 0.3 is 5.97 Å². The minimum absolute atomic E-state index is 0.114. The van der Waals surface area contributed by atoms with Gasteiger partial charge in [0.15, 0.2) is 12.4 Å². The Bertz CT molecular complexity index is 1620. The summed E-state index contributed by atoms with van der Waals surface area (Å²) >= 11 is 0. The minimum atomic E-state index is -0.615. The first kappa shape index (κ1) is 25.6. The van der Waals surface area contributed by atoms with Crippen molar-refractivity contribution < 1.29 is 23.9 Å². The van der Waals surface area contributed by atoms with Gasteiger partial charge in [-0.05, 0) is 50.1 Å². The van der Waals surface area contributed by atoms with Crippen molar-refractivity contribution in [3.05, 3.63) is 95.6 Å². The first-order chi connectivity index (χ1) is 19.4. The third-order valence-electron chi connectivity index (χ3n) is 7.88. The Morgan fingerprint density at radius 1 is 0.875 bits per heavy atom. The molecule has 1 saturated heterocycles. The van der Waals surface area contributed by atoms with Gasteiger partial charge in [0, 0.05) is 16.5 Å². The van der Waals surface area contributed by atoms with E-state index in [-0.39, 0.29) is 36.0 Å². The Morgan fingerprint density at radius 3 is 2.23 bits per heavy atom. The van der Waals surface area contributed by atoms with Crippen LogP contribution in [0.3, 0.4) is 0 Å². The molecule has 7 nitrogen and oxygen atoms in total. The number of hydrogen-bond acceptors (Lipinski definition) is 6. The van der Waals surface area contributed by atoms with Crippen LogP contribution in [-0.2, 0) is 14.3 Å². The molecule has 3 aromatic carbocycles. The first-order valence-corrected chi connectivity index (χ1v) is 13.6. The molecule has 40 heavy (non-hydrogen) atoms. The standard InChI is InChI=1S/C33H28N2O5/c1-20-11-16-28-26(17-20)27(33(39)40-19-30(36)22-7-3-2-4-8-22)18-29(34-28)21-12-14-23(15-13-21)35-31(37)24-9-5-6-10-25(24)32(35)38/h2-4,7-8,11-18,24-25H,5-6,9-10,19H2,1H3. The highest BCUT2D eigenvalue weighted by atomic mass is 16.5. The Labute approximate surface area is 231 Å². The summed E-state index contributed by atoms with van der Waals surface area (Å²) in [5.74, 6) is -1.56. The van der Waals surface area contributed by atoms with Crippen molar-refractivity contribution in [3.63, 3.8) is 0 Å². The average molecular weight is 533 g/mol. The second kappa shape index (κ2) is 10.5. The lowest BCUT2D eigenvalue weighted by Crippen LogP contribution is -2.30. The van der Waals surface area contributed by atoms with Crippen molar-refractivity contribution >= 4 is 40.2 Å². The Kier molecular flexibility index (Phi) is 6.72. The van der Waals surface area contributed by atoms with E-state index in [0.717, 1.165) is 36.8 Å². The number of anilines is 1. The van der Waals surface area contributed by atoms with E-state index in [4.69, 9.17) is 9.72 Å². The molecule has 0 spiro atoms. The van der Waals surface area contributed by atoms with Crippen LogP contribution in [-0.4, -0.2) is 35.2 Å². The van der Waals surface area contributed by atoms with Gasteiger partial charge in [0.1, 0.15) is 0 Å². The molecule has 4 aromatic rings. The molecule has 2 amide bonds. The summed E-state index contributed by atoms with van der Waals surface area (Å²) < 4.78 is 5.44. The van der Waals surface area contributed by atoms with Crippen LogP contribution >= 0.6 is 0 Å². The van der Waals surface area contributed by atoms with Crippen molar-refractivity contribution in [3.8, 4) is 11.3 Å². The molecule has 2 unspecified atom stereocenters. The predicted octanol–water partition coefficient (Wildman–Crippen LogP) is 5.93. The van der Waals surface area contributed by atoms with Gasteiger partial charge in [-0.1, -0.05) is 66.9 Å². The topological polar surface area (TPSA) is 93.6 Å². The number of pyridine rings is 1. The minimum Gasteiger partial charge on any atom is -0.454 e. The van der Waals surface area contributed by atoms with Crippen molar-refractivity contribution in [2.45, 2.75) is 32.6 Å². The van der Waals surface area contributed by atoms with Gasteiger partial charge in [-0.2, -0.15) is 0 Å². The molecule has 7 heteroatoms. The highest BCUT2D eigenvalue weighted by Crippen LogP contribution is 2.40. The number of ether oxygens (including phenoxy) is 1. The van der Waals surface area contributed by atoms with E-state index in [1.165, 1.54) is 4.90 Å². The molecule has 0 N–H and O–H groups in total. The quantitative estimate of drug-likeness (QED) is 0.174. The van der Waals surface area contributed by atoms with Gasteiger partial charge < -0.3 is 4.74 Å². The number of fused-ring (bicyclic) bond motifs is 2. The summed E-state index contributed by atoms with van der Waals surface area (Å²) in [4.78, 5) is 57.9. The Hall–Kier alpha value is -4.65. The van der Waals surface area contributed by atoms with E-state index < -0.39 is 5.97 Å². The van der Waals surface area contributed by atoms with Gasteiger partial charge in [-0.3, -0.25) is 19.3 Å². The molecule has 2 aliphatic rings. The molecule has 1 aliphatic carbocycles. The number of aryl methyl sites for hydroxylation is 1. The van der Waals surface area contributed by atoms with Crippen LogP contribution in [0.15, 0.2) is 78.9 Å². The molecular weight excluding hydrogens is 504 g/mol. The van der Waals surface area contributed by atoms with Gasteiger partial charge in [0.25, 0.3) is 0 Å². The SMILES string of the molecule is Cc1ccc2nc(-c3ccc(N4C(=O)C5CCCCC5C4=O)cc3)cc(C(=O)OCC(=O)c3ccccc3)c2c1. The third-order valence-corrected chi connectivity index (χ3v) is 7.88. The van der Waals surface area contributed by atoms with E-state index in [2.05, 4.69) is 0 Å². The number of amides is 2. The number of hydrogen-bond donors (Lipinski definition) is 0. The number of esters is 1. The number of carbonyl (C=O) groups excluding carboxylic acids is 4. The number of nitrogens with zero attached hydrogens (tertiary/aromatic N) is 2. The third kappa shape index (κ3) is 4.68. The number of aromatic nitrogens is 1. The summed E-state index contributed by atoms with van der Waals surface area (Å²) in [6, 6.07) is 23.1. The largest absolute Gasteiger partial charge is 0.454 e. The number of rotatable bonds is 6. The highest BCUT2D eigenvalue weighted by molar-refractivity contribution is 6.22. The van der Waals surface area contributed by atoms with Crippen LogP contribution in [0.1, 0.15) is 52.0 Å². The molecule has 0 radical (unpaired) electrons. The monoisotopic (exact) mass is 532 g/mol. The fourth-order valence-corrected chi connectivity index (χ4v) is 5.77. The van der Waals surface area contributed by atoms with Crippen molar-refractivity contribution in [1.82, 2.24) is 4.98 Å². The van der Waals surface area contributed by atoms with E-state index in [1.54, 1.807) is 54.6 Å². The first-order valence-electron chi connectivity index (χ1n) is 13.6. The molecule has 2 heterocycles. The lowest BCUT2D eigenvalue weighted by atomic mass is 9.81. The zero-order chi connectivity index (χ0) is 27.8. The fourth-order valence-electron chi connectivity index (χ4n) is 5.77. The van der Waals surface area contributed by atoms with Crippen LogP contribution in [0.25, 0.3) is 22.2 Å². The molecule has 6 rings (SSSR count). The number of Topliss-reactive ketones (excluding diaryl/α,β-unsaturated/α-hetero) is 1. The second-order valence-electron chi connectivity index (χ2n) is 10.5. The van der Waals surface area contributed by atoms with Crippen LogP contribution in [0.4, 0.5) is 5.69 Å². The maximum atomic E-state index is 13.2. The van der Waals surface area contributed by atoms with E-state index in [9.17, 15) is 19.2 Å². The van der Waals surface area contributed by atoms with E-state index in [1.807, 2.05) is 31.2 Å². The molecule has 200 valence electrons.